The van der Waals surface area contributed by atoms with Gasteiger partial charge in [0.2, 0.25) is 15.9 Å². The molecule has 1 N–H and O–H groups in total. The molecule has 0 unspecified atom stereocenters. The zero-order chi connectivity index (χ0) is 20.0. The Hall–Kier alpha value is -1.40. The van der Waals surface area contributed by atoms with Crippen molar-refractivity contribution in [3.05, 3.63) is 28.8 Å². The molecule has 1 aromatic carbocycles. The van der Waals surface area contributed by atoms with Crippen LogP contribution in [0.4, 0.5) is 0 Å². The molecule has 5 nitrogen and oxygen atoms in total. The number of benzene rings is 1. The molecular formula is C21H34N2O3S. The minimum Gasteiger partial charge on any atom is -0.355 e. The molecule has 1 aliphatic carbocycles. The first-order valence-electron chi connectivity index (χ1n) is 10.1. The fourth-order valence-corrected chi connectivity index (χ4v) is 6.13. The Bertz CT molecular complexity index is 730. The number of nitrogens with zero attached hydrogens (tertiary/aromatic N) is 1. The first-order valence-corrected chi connectivity index (χ1v) is 11.6. The van der Waals surface area contributed by atoms with E-state index in [2.05, 4.69) is 12.2 Å². The van der Waals surface area contributed by atoms with Crippen LogP contribution in [0.15, 0.2) is 17.0 Å². The van der Waals surface area contributed by atoms with E-state index >= 15 is 0 Å². The summed E-state index contributed by atoms with van der Waals surface area (Å²) in [4.78, 5) is 12.8. The van der Waals surface area contributed by atoms with Crippen molar-refractivity contribution >= 4 is 15.9 Å². The number of carbonyl (C=O) groups excluding carboxylic acids is 1. The lowest BCUT2D eigenvalue weighted by molar-refractivity contribution is -0.121. The van der Waals surface area contributed by atoms with Crippen molar-refractivity contribution in [1.82, 2.24) is 9.62 Å². The number of sulfonamides is 1. The van der Waals surface area contributed by atoms with E-state index in [9.17, 15) is 13.2 Å². The van der Waals surface area contributed by atoms with Gasteiger partial charge >= 0.3 is 0 Å². The van der Waals surface area contributed by atoms with Gasteiger partial charge in [-0.1, -0.05) is 50.3 Å². The van der Waals surface area contributed by atoms with Crippen LogP contribution in [0.25, 0.3) is 0 Å². The van der Waals surface area contributed by atoms with Crippen molar-refractivity contribution in [3.8, 4) is 0 Å². The number of rotatable bonds is 8. The number of carbonyl (C=O) groups is 1. The Morgan fingerprint density at radius 1 is 1.11 bits per heavy atom. The molecule has 0 saturated heterocycles. The Morgan fingerprint density at radius 2 is 1.70 bits per heavy atom. The summed E-state index contributed by atoms with van der Waals surface area (Å²) in [5.41, 5.74) is 2.55. The fraction of sp³-hybridized carbons (Fsp3) is 0.667. The molecule has 0 heterocycles. The van der Waals surface area contributed by atoms with Gasteiger partial charge in [-0.05, 0) is 51.2 Å². The summed E-state index contributed by atoms with van der Waals surface area (Å²) in [7, 11) is -3.73. The Kier molecular flexibility index (Phi) is 7.86. The van der Waals surface area contributed by atoms with Crippen LogP contribution in [0.1, 0.15) is 68.6 Å². The molecule has 152 valence electrons. The first-order chi connectivity index (χ1) is 12.8. The van der Waals surface area contributed by atoms with Crippen molar-refractivity contribution in [3.63, 3.8) is 0 Å². The average Bonchev–Trinajstić information content (AvgIpc) is 2.59. The maximum Gasteiger partial charge on any atom is 0.244 e. The molecule has 0 aromatic heterocycles. The molecule has 0 bridgehead atoms. The SMILES string of the molecule is CCCCNC(=O)CN(C1CCCCC1)S(=O)(=O)c1c(C)cc(C)cc1C. The second kappa shape index (κ2) is 9.69. The van der Waals surface area contributed by atoms with Crippen LogP contribution in [-0.4, -0.2) is 37.8 Å². The summed E-state index contributed by atoms with van der Waals surface area (Å²) < 4.78 is 28.7. The lowest BCUT2D eigenvalue weighted by Gasteiger charge is -2.33. The molecule has 0 atom stereocenters. The molecular weight excluding hydrogens is 360 g/mol. The van der Waals surface area contributed by atoms with Gasteiger partial charge in [-0.25, -0.2) is 8.42 Å². The monoisotopic (exact) mass is 394 g/mol. The lowest BCUT2D eigenvalue weighted by atomic mass is 9.95. The number of amides is 1. The molecule has 6 heteroatoms. The predicted octanol–water partition coefficient (Wildman–Crippen LogP) is 3.85. The predicted molar refractivity (Wildman–Crippen MR) is 109 cm³/mol. The summed E-state index contributed by atoms with van der Waals surface area (Å²) in [5.74, 6) is -0.208. The summed E-state index contributed by atoms with van der Waals surface area (Å²) in [6.45, 7) is 8.21. The highest BCUT2D eigenvalue weighted by molar-refractivity contribution is 7.89. The molecule has 0 radical (unpaired) electrons. The number of hydrogen-bond donors (Lipinski definition) is 1. The van der Waals surface area contributed by atoms with Gasteiger partial charge in [0.25, 0.3) is 0 Å². The Balaban J connectivity index is 2.35. The van der Waals surface area contributed by atoms with E-state index in [1.165, 1.54) is 4.31 Å². The Labute approximate surface area is 164 Å². The second-order valence-corrected chi connectivity index (χ2v) is 9.60. The van der Waals surface area contributed by atoms with Crippen molar-refractivity contribution in [2.75, 3.05) is 13.1 Å². The Morgan fingerprint density at radius 3 is 2.26 bits per heavy atom. The number of unbranched alkanes of at least 4 members (excludes halogenated alkanes) is 1. The highest BCUT2D eigenvalue weighted by Crippen LogP contribution is 2.31. The van der Waals surface area contributed by atoms with Gasteiger partial charge < -0.3 is 5.32 Å². The molecule has 1 amide bonds. The molecule has 2 rings (SSSR count). The van der Waals surface area contributed by atoms with Crippen LogP contribution >= 0.6 is 0 Å². The van der Waals surface area contributed by atoms with E-state index in [4.69, 9.17) is 0 Å². The van der Waals surface area contributed by atoms with Crippen molar-refractivity contribution in [2.45, 2.75) is 83.6 Å². The number of nitrogens with one attached hydrogen (secondary N) is 1. The highest BCUT2D eigenvalue weighted by atomic mass is 32.2. The van der Waals surface area contributed by atoms with E-state index in [1.54, 1.807) is 0 Å². The van der Waals surface area contributed by atoms with Crippen molar-refractivity contribution in [1.29, 1.82) is 0 Å². The van der Waals surface area contributed by atoms with Gasteiger partial charge in [-0.2, -0.15) is 4.31 Å². The molecule has 0 aliphatic heterocycles. The van der Waals surface area contributed by atoms with Gasteiger partial charge in [0.05, 0.1) is 11.4 Å². The maximum absolute atomic E-state index is 13.6. The van der Waals surface area contributed by atoms with Gasteiger partial charge in [0.15, 0.2) is 0 Å². The quantitative estimate of drug-likeness (QED) is 0.681. The normalized spacial score (nSPS) is 15.9. The number of aryl methyl sites for hydroxylation is 3. The minimum absolute atomic E-state index is 0.0938. The highest BCUT2D eigenvalue weighted by Gasteiger charge is 2.35. The van der Waals surface area contributed by atoms with Crippen molar-refractivity contribution < 1.29 is 13.2 Å². The van der Waals surface area contributed by atoms with E-state index in [-0.39, 0.29) is 18.5 Å². The van der Waals surface area contributed by atoms with Crippen LogP contribution in [0, 0.1) is 20.8 Å². The molecule has 27 heavy (non-hydrogen) atoms. The topological polar surface area (TPSA) is 66.5 Å². The standard InChI is InChI=1S/C21H34N2O3S/c1-5-6-12-22-20(24)15-23(19-10-8-7-9-11-19)27(25,26)21-17(3)13-16(2)14-18(21)4/h13-14,19H,5-12,15H2,1-4H3,(H,22,24). The molecule has 1 aliphatic rings. The third-order valence-corrected chi connectivity index (χ3v) is 7.51. The van der Waals surface area contributed by atoms with Crippen LogP contribution < -0.4 is 5.32 Å². The fourth-order valence-electron chi connectivity index (χ4n) is 4.07. The van der Waals surface area contributed by atoms with E-state index < -0.39 is 10.0 Å². The first kappa shape index (κ1) is 21.9. The van der Waals surface area contributed by atoms with Crippen LogP contribution in [0.3, 0.4) is 0 Å². The minimum atomic E-state index is -3.73. The summed E-state index contributed by atoms with van der Waals surface area (Å²) in [6, 6.07) is 3.71. The summed E-state index contributed by atoms with van der Waals surface area (Å²) in [6.07, 6.45) is 6.71. The van der Waals surface area contributed by atoms with Crippen LogP contribution in [0.5, 0.6) is 0 Å². The van der Waals surface area contributed by atoms with Gasteiger partial charge in [0, 0.05) is 12.6 Å². The average molecular weight is 395 g/mol. The summed E-state index contributed by atoms with van der Waals surface area (Å²) >= 11 is 0. The van der Waals surface area contributed by atoms with Gasteiger partial charge in [-0.3, -0.25) is 4.79 Å². The maximum atomic E-state index is 13.6. The van der Waals surface area contributed by atoms with E-state index in [0.717, 1.165) is 61.6 Å². The van der Waals surface area contributed by atoms with Gasteiger partial charge in [-0.15, -0.1) is 0 Å². The lowest BCUT2D eigenvalue weighted by Crippen LogP contribution is -2.47. The zero-order valence-corrected chi connectivity index (χ0v) is 18.0. The third-order valence-electron chi connectivity index (χ3n) is 5.31. The summed E-state index contributed by atoms with van der Waals surface area (Å²) in [5, 5.41) is 2.87. The molecule has 1 fully saturated rings. The molecule has 1 saturated carbocycles. The van der Waals surface area contributed by atoms with Crippen molar-refractivity contribution in [2.24, 2.45) is 0 Å². The second-order valence-electron chi connectivity index (χ2n) is 7.77. The van der Waals surface area contributed by atoms with Gasteiger partial charge in [0.1, 0.15) is 0 Å². The van der Waals surface area contributed by atoms with E-state index in [1.807, 2.05) is 32.9 Å². The smallest absolute Gasteiger partial charge is 0.244 e. The number of hydrogen-bond acceptors (Lipinski definition) is 3. The zero-order valence-electron chi connectivity index (χ0n) is 17.2. The van der Waals surface area contributed by atoms with E-state index in [0.29, 0.717) is 11.4 Å². The van der Waals surface area contributed by atoms with Crippen LogP contribution in [-0.2, 0) is 14.8 Å². The largest absolute Gasteiger partial charge is 0.355 e. The molecule has 1 aromatic rings. The van der Waals surface area contributed by atoms with Crippen LogP contribution in [0.2, 0.25) is 0 Å². The third kappa shape index (κ3) is 5.55. The molecule has 0 spiro atoms.